The molecule has 0 unspecified atom stereocenters. The van der Waals surface area contributed by atoms with E-state index in [4.69, 9.17) is 4.52 Å². The molecule has 0 aromatic carbocycles. The average Bonchev–Trinajstić information content (AvgIpc) is 3.28. The Morgan fingerprint density at radius 2 is 2.33 bits per heavy atom. The van der Waals surface area contributed by atoms with Gasteiger partial charge in [0.25, 0.3) is 5.91 Å². The van der Waals surface area contributed by atoms with Crippen LogP contribution in [0.25, 0.3) is 0 Å². The molecule has 6 nitrogen and oxygen atoms in total. The van der Waals surface area contributed by atoms with E-state index in [0.29, 0.717) is 12.5 Å². The zero-order valence-corrected chi connectivity index (χ0v) is 15.1. The van der Waals surface area contributed by atoms with Gasteiger partial charge in [0, 0.05) is 19.0 Å². The van der Waals surface area contributed by atoms with Gasteiger partial charge in [0.1, 0.15) is 4.88 Å². The topological polar surface area (TPSA) is 72.1 Å². The van der Waals surface area contributed by atoms with E-state index in [0.717, 1.165) is 48.1 Å². The fourth-order valence-electron chi connectivity index (χ4n) is 4.12. The first kappa shape index (κ1) is 15.7. The predicted octanol–water partition coefficient (Wildman–Crippen LogP) is 3.15. The lowest BCUT2D eigenvalue weighted by Crippen LogP contribution is -2.34. The standard InChI is InChI=1S/C17H22N4O2S/c1-10(2)14-19-16(23-20-14)17-6-4-5-12(17)7-21(8-17)15(22)13-11(3)18-9-24-13/h9-10,12H,4-8H2,1-3H3/t12-,17-/m1/s1. The molecule has 1 aliphatic heterocycles. The van der Waals surface area contributed by atoms with Gasteiger partial charge in [-0.15, -0.1) is 11.3 Å². The number of rotatable bonds is 3. The molecule has 0 spiro atoms. The lowest BCUT2D eigenvalue weighted by Gasteiger charge is -2.24. The predicted molar refractivity (Wildman–Crippen MR) is 90.2 cm³/mol. The summed E-state index contributed by atoms with van der Waals surface area (Å²) in [4.78, 5) is 24.5. The smallest absolute Gasteiger partial charge is 0.265 e. The van der Waals surface area contributed by atoms with E-state index < -0.39 is 0 Å². The van der Waals surface area contributed by atoms with Gasteiger partial charge >= 0.3 is 0 Å². The van der Waals surface area contributed by atoms with Gasteiger partial charge < -0.3 is 9.42 Å². The number of carbonyl (C=O) groups excluding carboxylic acids is 1. The maximum absolute atomic E-state index is 12.9. The number of carbonyl (C=O) groups is 1. The molecule has 2 aromatic rings. The number of nitrogens with zero attached hydrogens (tertiary/aromatic N) is 4. The maximum atomic E-state index is 12.9. The van der Waals surface area contributed by atoms with Crippen molar-refractivity contribution in [2.75, 3.05) is 13.1 Å². The van der Waals surface area contributed by atoms with Crippen LogP contribution in [0.4, 0.5) is 0 Å². The zero-order valence-electron chi connectivity index (χ0n) is 14.3. The number of aromatic nitrogens is 3. The van der Waals surface area contributed by atoms with Crippen LogP contribution in [0.5, 0.6) is 0 Å². The summed E-state index contributed by atoms with van der Waals surface area (Å²) in [6, 6.07) is 0. The van der Waals surface area contributed by atoms with Gasteiger partial charge in [-0.2, -0.15) is 4.98 Å². The molecule has 0 bridgehead atoms. The van der Waals surface area contributed by atoms with Gasteiger partial charge in [-0.05, 0) is 25.7 Å². The molecule has 2 fully saturated rings. The molecule has 24 heavy (non-hydrogen) atoms. The van der Waals surface area contributed by atoms with E-state index in [2.05, 4.69) is 29.0 Å². The van der Waals surface area contributed by atoms with E-state index in [1.165, 1.54) is 11.3 Å². The van der Waals surface area contributed by atoms with Crippen LogP contribution in [-0.4, -0.2) is 39.0 Å². The van der Waals surface area contributed by atoms with Crippen LogP contribution in [0.3, 0.4) is 0 Å². The summed E-state index contributed by atoms with van der Waals surface area (Å²) in [6.07, 6.45) is 3.29. The summed E-state index contributed by atoms with van der Waals surface area (Å²) in [7, 11) is 0. The van der Waals surface area contributed by atoms with Crippen LogP contribution in [-0.2, 0) is 5.41 Å². The van der Waals surface area contributed by atoms with E-state index >= 15 is 0 Å². The number of likely N-dealkylation sites (tertiary alicyclic amines) is 1. The van der Waals surface area contributed by atoms with E-state index in [-0.39, 0.29) is 17.2 Å². The molecule has 1 amide bonds. The molecule has 2 aromatic heterocycles. The Hall–Kier alpha value is -1.76. The minimum atomic E-state index is -0.158. The van der Waals surface area contributed by atoms with Crippen molar-refractivity contribution in [2.24, 2.45) is 5.92 Å². The summed E-state index contributed by atoms with van der Waals surface area (Å²) in [5, 5.41) is 4.15. The number of fused-ring (bicyclic) bond motifs is 1. The van der Waals surface area contributed by atoms with Crippen molar-refractivity contribution in [3.05, 3.63) is 27.8 Å². The van der Waals surface area contributed by atoms with Crippen molar-refractivity contribution in [3.63, 3.8) is 0 Å². The highest BCUT2D eigenvalue weighted by Crippen LogP contribution is 2.50. The molecule has 2 aliphatic rings. The van der Waals surface area contributed by atoms with Crippen molar-refractivity contribution >= 4 is 17.2 Å². The molecular weight excluding hydrogens is 324 g/mol. The molecule has 7 heteroatoms. The highest BCUT2D eigenvalue weighted by molar-refractivity contribution is 7.11. The quantitative estimate of drug-likeness (QED) is 0.854. The highest BCUT2D eigenvalue weighted by atomic mass is 32.1. The third-order valence-corrected chi connectivity index (χ3v) is 6.40. The second-order valence-electron chi connectivity index (χ2n) is 7.31. The minimum Gasteiger partial charge on any atom is -0.339 e. The normalized spacial score (nSPS) is 26.3. The molecular formula is C17H22N4O2S. The second kappa shape index (κ2) is 5.65. The Morgan fingerprint density at radius 1 is 1.50 bits per heavy atom. The Kier molecular flexibility index (Phi) is 3.71. The number of hydrogen-bond acceptors (Lipinski definition) is 6. The molecule has 0 radical (unpaired) electrons. The van der Waals surface area contributed by atoms with Crippen molar-refractivity contribution in [1.82, 2.24) is 20.0 Å². The highest BCUT2D eigenvalue weighted by Gasteiger charge is 2.55. The van der Waals surface area contributed by atoms with Crippen molar-refractivity contribution in [2.45, 2.75) is 51.4 Å². The Balaban J connectivity index is 1.63. The third-order valence-electron chi connectivity index (χ3n) is 5.48. The van der Waals surface area contributed by atoms with E-state index in [1.54, 1.807) is 5.51 Å². The fourth-order valence-corrected chi connectivity index (χ4v) is 4.89. The number of amides is 1. The minimum absolute atomic E-state index is 0.0902. The summed E-state index contributed by atoms with van der Waals surface area (Å²) in [5.74, 6) is 2.23. The van der Waals surface area contributed by atoms with E-state index in [9.17, 15) is 4.79 Å². The maximum Gasteiger partial charge on any atom is 0.265 e. The van der Waals surface area contributed by atoms with E-state index in [1.807, 2.05) is 11.8 Å². The summed E-state index contributed by atoms with van der Waals surface area (Å²) < 4.78 is 5.65. The summed E-state index contributed by atoms with van der Waals surface area (Å²) in [5.41, 5.74) is 2.40. The third kappa shape index (κ3) is 2.29. The molecule has 1 saturated carbocycles. The van der Waals surface area contributed by atoms with Crippen LogP contribution < -0.4 is 0 Å². The van der Waals surface area contributed by atoms with Gasteiger partial charge in [-0.25, -0.2) is 4.98 Å². The van der Waals surface area contributed by atoms with Gasteiger partial charge in [0.05, 0.1) is 16.6 Å². The van der Waals surface area contributed by atoms with Crippen molar-refractivity contribution in [3.8, 4) is 0 Å². The summed E-state index contributed by atoms with van der Waals surface area (Å²) >= 11 is 1.42. The van der Waals surface area contributed by atoms with Crippen molar-refractivity contribution in [1.29, 1.82) is 0 Å². The Morgan fingerprint density at radius 3 is 3.00 bits per heavy atom. The fraction of sp³-hybridized carbons (Fsp3) is 0.647. The van der Waals surface area contributed by atoms with Gasteiger partial charge in [-0.3, -0.25) is 4.79 Å². The van der Waals surface area contributed by atoms with Crippen LogP contribution in [0, 0.1) is 12.8 Å². The first-order chi connectivity index (χ1) is 11.5. The monoisotopic (exact) mass is 346 g/mol. The second-order valence-corrected chi connectivity index (χ2v) is 8.17. The van der Waals surface area contributed by atoms with Crippen molar-refractivity contribution < 1.29 is 9.32 Å². The molecule has 1 saturated heterocycles. The molecule has 3 heterocycles. The molecule has 0 N–H and O–H groups in total. The summed E-state index contributed by atoms with van der Waals surface area (Å²) in [6.45, 7) is 7.47. The van der Waals surface area contributed by atoms with Gasteiger partial charge in [0.15, 0.2) is 5.82 Å². The lowest BCUT2D eigenvalue weighted by atomic mass is 9.80. The number of hydrogen-bond donors (Lipinski definition) is 0. The Labute approximate surface area is 145 Å². The first-order valence-electron chi connectivity index (χ1n) is 8.54. The van der Waals surface area contributed by atoms with Gasteiger partial charge in [0.2, 0.25) is 5.89 Å². The van der Waals surface area contributed by atoms with Gasteiger partial charge in [-0.1, -0.05) is 25.4 Å². The molecule has 1 aliphatic carbocycles. The van der Waals surface area contributed by atoms with Crippen LogP contribution >= 0.6 is 11.3 Å². The zero-order chi connectivity index (χ0) is 16.9. The van der Waals surface area contributed by atoms with Crippen LogP contribution in [0.2, 0.25) is 0 Å². The first-order valence-corrected chi connectivity index (χ1v) is 9.42. The number of aryl methyl sites for hydroxylation is 1. The largest absolute Gasteiger partial charge is 0.339 e. The SMILES string of the molecule is Cc1ncsc1C(=O)N1C[C@H]2CCC[C@@]2(c2nc(C(C)C)no2)C1. The molecule has 128 valence electrons. The number of thiazole rings is 1. The molecule has 2 atom stereocenters. The lowest BCUT2D eigenvalue weighted by molar-refractivity contribution is 0.0779. The Bertz CT molecular complexity index is 768. The van der Waals surface area contributed by atoms with Crippen LogP contribution in [0.15, 0.2) is 10.0 Å². The van der Waals surface area contributed by atoms with Crippen LogP contribution in [0.1, 0.15) is 66.1 Å². The molecule has 4 rings (SSSR count). The average molecular weight is 346 g/mol.